The number of rotatable bonds is 9. The van der Waals surface area contributed by atoms with Crippen LogP contribution in [0.1, 0.15) is 19.7 Å². The topological polar surface area (TPSA) is 76.4 Å². The van der Waals surface area contributed by atoms with Crippen molar-refractivity contribution in [1.82, 2.24) is 20.1 Å². The Morgan fingerprint density at radius 3 is 2.57 bits per heavy atom. The Bertz CT molecular complexity index is 924. The Kier molecular flexibility index (Phi) is 8.14. The average Bonchev–Trinajstić information content (AvgIpc) is 3.15. The average molecular weight is 425 g/mol. The van der Waals surface area contributed by atoms with Crippen LogP contribution < -0.4 is 15.4 Å². The van der Waals surface area contributed by atoms with Crippen LogP contribution in [0.4, 0.5) is 5.69 Å². The van der Waals surface area contributed by atoms with Crippen LogP contribution in [-0.4, -0.2) is 39.1 Å². The predicted octanol–water partition coefficient (Wildman–Crippen LogP) is 3.95. The zero-order valence-corrected chi connectivity index (χ0v) is 18.4. The number of thioether (sulfide) groups is 1. The van der Waals surface area contributed by atoms with Gasteiger partial charge in [0.05, 0.1) is 6.10 Å². The summed E-state index contributed by atoms with van der Waals surface area (Å²) in [5, 5.41) is 14.8. The van der Waals surface area contributed by atoms with Gasteiger partial charge in [-0.1, -0.05) is 18.2 Å². The second-order valence-electron chi connectivity index (χ2n) is 6.93. The lowest BCUT2D eigenvalue weighted by Gasteiger charge is -2.14. The molecular weight excluding hydrogens is 396 g/mol. The molecular formula is C22H28N6OS. The minimum absolute atomic E-state index is 0.149. The molecule has 0 radical (unpaired) electrons. The Labute approximate surface area is 182 Å². The molecule has 2 N–H and O–H groups in total. The van der Waals surface area contributed by atoms with E-state index in [1.807, 2.05) is 55.8 Å². The number of guanidine groups is 1. The van der Waals surface area contributed by atoms with Gasteiger partial charge < -0.3 is 19.9 Å². The molecule has 2 aromatic carbocycles. The highest BCUT2D eigenvalue weighted by atomic mass is 32.2. The predicted molar refractivity (Wildman–Crippen MR) is 123 cm³/mol. The van der Waals surface area contributed by atoms with E-state index in [4.69, 9.17) is 4.74 Å². The third-order valence-electron chi connectivity index (χ3n) is 4.08. The maximum atomic E-state index is 5.71. The summed E-state index contributed by atoms with van der Waals surface area (Å²) < 4.78 is 7.58. The van der Waals surface area contributed by atoms with Crippen molar-refractivity contribution in [3.8, 4) is 5.75 Å². The van der Waals surface area contributed by atoms with Crippen LogP contribution in [0.3, 0.4) is 0 Å². The first-order valence-electron chi connectivity index (χ1n) is 9.93. The van der Waals surface area contributed by atoms with Crippen molar-refractivity contribution < 1.29 is 4.74 Å². The molecule has 0 amide bonds. The first kappa shape index (κ1) is 21.7. The van der Waals surface area contributed by atoms with Crippen LogP contribution in [0.2, 0.25) is 0 Å². The molecule has 3 aromatic rings. The van der Waals surface area contributed by atoms with E-state index >= 15 is 0 Å². The molecule has 0 aliphatic heterocycles. The number of hydrogen-bond donors (Lipinski definition) is 2. The van der Waals surface area contributed by atoms with Gasteiger partial charge in [-0.2, -0.15) is 0 Å². The van der Waals surface area contributed by atoms with E-state index in [9.17, 15) is 0 Å². The van der Waals surface area contributed by atoms with Crippen molar-refractivity contribution in [2.24, 2.45) is 12.0 Å². The summed E-state index contributed by atoms with van der Waals surface area (Å²) in [6.45, 7) is 5.24. The number of aliphatic imine (C=N–C) groups is 1. The lowest BCUT2D eigenvalue weighted by Crippen LogP contribution is -2.32. The van der Waals surface area contributed by atoms with Crippen molar-refractivity contribution in [3.63, 3.8) is 0 Å². The third-order valence-corrected chi connectivity index (χ3v) is 5.09. The number of benzene rings is 2. The first-order valence-corrected chi connectivity index (χ1v) is 10.9. The molecule has 0 spiro atoms. The second-order valence-corrected chi connectivity index (χ2v) is 8.10. The number of ether oxygens (including phenoxy) is 1. The fourth-order valence-corrected chi connectivity index (χ4v) is 3.41. The maximum Gasteiger partial charge on any atom is 0.196 e. The van der Waals surface area contributed by atoms with Gasteiger partial charge in [-0.15, -0.1) is 22.0 Å². The fourth-order valence-electron chi connectivity index (χ4n) is 2.62. The van der Waals surface area contributed by atoms with Gasteiger partial charge in [0.25, 0.3) is 0 Å². The van der Waals surface area contributed by atoms with E-state index in [0.717, 1.165) is 29.6 Å². The quantitative estimate of drug-likeness (QED) is 0.234. The van der Waals surface area contributed by atoms with Crippen LogP contribution in [0, 0.1) is 0 Å². The van der Waals surface area contributed by atoms with Crippen molar-refractivity contribution in [1.29, 1.82) is 0 Å². The Hall–Kier alpha value is -3.00. The summed E-state index contributed by atoms with van der Waals surface area (Å²) in [5.74, 6) is 3.27. The van der Waals surface area contributed by atoms with E-state index in [1.54, 1.807) is 18.1 Å². The summed E-state index contributed by atoms with van der Waals surface area (Å²) in [5.41, 5.74) is 0.936. The van der Waals surface area contributed by atoms with Gasteiger partial charge >= 0.3 is 0 Å². The largest absolute Gasteiger partial charge is 0.491 e. The molecule has 0 aliphatic rings. The monoisotopic (exact) mass is 424 g/mol. The SMILES string of the molecule is CC(C)Oc1ccc(NC(=NCc2nncn2C)NCCSc2ccccc2)cc1. The Balaban J connectivity index is 1.60. The summed E-state index contributed by atoms with van der Waals surface area (Å²) in [6.07, 6.45) is 1.83. The van der Waals surface area contributed by atoms with E-state index in [1.165, 1.54) is 4.90 Å². The molecule has 30 heavy (non-hydrogen) atoms. The van der Waals surface area contributed by atoms with Crippen molar-refractivity contribution in [2.75, 3.05) is 17.6 Å². The van der Waals surface area contributed by atoms with E-state index < -0.39 is 0 Å². The number of aromatic nitrogens is 3. The fraction of sp³-hybridized carbons (Fsp3) is 0.318. The lowest BCUT2D eigenvalue weighted by atomic mass is 10.3. The molecule has 7 nitrogen and oxygen atoms in total. The van der Waals surface area contributed by atoms with Crippen LogP contribution in [0.5, 0.6) is 5.75 Å². The molecule has 3 rings (SSSR count). The molecule has 0 saturated carbocycles. The van der Waals surface area contributed by atoms with Gasteiger partial charge in [0.1, 0.15) is 18.6 Å². The van der Waals surface area contributed by atoms with Gasteiger partial charge in [-0.05, 0) is 50.2 Å². The van der Waals surface area contributed by atoms with E-state index in [2.05, 4.69) is 50.1 Å². The number of nitrogens with zero attached hydrogens (tertiary/aromatic N) is 4. The summed E-state index contributed by atoms with van der Waals surface area (Å²) in [7, 11) is 1.91. The second kappa shape index (κ2) is 11.3. The summed E-state index contributed by atoms with van der Waals surface area (Å²) >= 11 is 1.81. The standard InChI is InChI=1S/C22H28N6OS/c1-17(2)29-19-11-9-18(10-12-19)26-22(24-15-21-27-25-16-28(21)3)23-13-14-30-20-7-5-4-6-8-20/h4-12,16-17H,13-15H2,1-3H3,(H2,23,24,26). The Morgan fingerprint density at radius 1 is 1.13 bits per heavy atom. The summed E-state index contributed by atoms with van der Waals surface area (Å²) in [6, 6.07) is 18.2. The molecule has 0 unspecified atom stereocenters. The van der Waals surface area contributed by atoms with Gasteiger partial charge in [0.15, 0.2) is 11.8 Å². The molecule has 0 atom stereocenters. The summed E-state index contributed by atoms with van der Waals surface area (Å²) in [4.78, 5) is 5.92. The molecule has 0 bridgehead atoms. The molecule has 8 heteroatoms. The molecule has 1 aromatic heterocycles. The van der Waals surface area contributed by atoms with Crippen LogP contribution >= 0.6 is 11.8 Å². The highest BCUT2D eigenvalue weighted by Gasteiger charge is 2.05. The highest BCUT2D eigenvalue weighted by Crippen LogP contribution is 2.17. The minimum Gasteiger partial charge on any atom is -0.491 e. The lowest BCUT2D eigenvalue weighted by molar-refractivity contribution is 0.242. The molecule has 158 valence electrons. The zero-order valence-electron chi connectivity index (χ0n) is 17.6. The van der Waals surface area contributed by atoms with Gasteiger partial charge in [0, 0.05) is 29.9 Å². The van der Waals surface area contributed by atoms with Gasteiger partial charge in [-0.3, -0.25) is 0 Å². The van der Waals surface area contributed by atoms with Crippen LogP contribution in [0.15, 0.2) is 70.8 Å². The Morgan fingerprint density at radius 2 is 1.90 bits per heavy atom. The van der Waals surface area contributed by atoms with Crippen LogP contribution in [-0.2, 0) is 13.6 Å². The number of aryl methyl sites for hydroxylation is 1. The first-order chi connectivity index (χ1) is 14.6. The van der Waals surface area contributed by atoms with Crippen molar-refractivity contribution >= 4 is 23.4 Å². The van der Waals surface area contributed by atoms with E-state index in [0.29, 0.717) is 12.5 Å². The van der Waals surface area contributed by atoms with Crippen molar-refractivity contribution in [3.05, 3.63) is 66.7 Å². The smallest absolute Gasteiger partial charge is 0.196 e. The molecule has 0 saturated heterocycles. The molecule has 1 heterocycles. The number of anilines is 1. The highest BCUT2D eigenvalue weighted by molar-refractivity contribution is 7.99. The van der Waals surface area contributed by atoms with Gasteiger partial charge in [0.2, 0.25) is 0 Å². The molecule has 0 fully saturated rings. The van der Waals surface area contributed by atoms with Crippen molar-refractivity contribution in [2.45, 2.75) is 31.4 Å². The number of nitrogens with one attached hydrogen (secondary N) is 2. The maximum absolute atomic E-state index is 5.71. The minimum atomic E-state index is 0.149. The van der Waals surface area contributed by atoms with E-state index in [-0.39, 0.29) is 6.10 Å². The van der Waals surface area contributed by atoms with Crippen LogP contribution in [0.25, 0.3) is 0 Å². The number of hydrogen-bond acceptors (Lipinski definition) is 5. The van der Waals surface area contributed by atoms with Gasteiger partial charge in [-0.25, -0.2) is 4.99 Å². The molecule has 0 aliphatic carbocycles. The zero-order chi connectivity index (χ0) is 21.2. The normalized spacial score (nSPS) is 11.5. The third kappa shape index (κ3) is 7.11.